The lowest BCUT2D eigenvalue weighted by Gasteiger charge is -2.19. The first-order valence-electron chi connectivity index (χ1n) is 6.13. The van der Waals surface area contributed by atoms with Crippen molar-refractivity contribution in [3.8, 4) is 11.5 Å². The van der Waals surface area contributed by atoms with E-state index in [1.807, 2.05) is 24.3 Å². The lowest BCUT2D eigenvalue weighted by atomic mass is 9.99. The van der Waals surface area contributed by atoms with Gasteiger partial charge in [-0.1, -0.05) is 22.8 Å². The van der Waals surface area contributed by atoms with Crippen molar-refractivity contribution < 1.29 is 4.52 Å². The van der Waals surface area contributed by atoms with Crippen LogP contribution in [0, 0.1) is 0 Å². The van der Waals surface area contributed by atoms with E-state index in [4.69, 9.17) is 16.1 Å². The molecule has 0 amide bonds. The first-order chi connectivity index (χ1) is 8.83. The Balaban J connectivity index is 1.84. The van der Waals surface area contributed by atoms with Crippen LogP contribution in [0.3, 0.4) is 0 Å². The van der Waals surface area contributed by atoms with Gasteiger partial charge in [0.05, 0.1) is 0 Å². The van der Waals surface area contributed by atoms with E-state index in [0.29, 0.717) is 16.8 Å². The van der Waals surface area contributed by atoms with Crippen LogP contribution >= 0.6 is 11.6 Å². The molecule has 1 saturated heterocycles. The highest BCUT2D eigenvalue weighted by atomic mass is 35.5. The molecule has 1 atom stereocenters. The molecule has 0 bridgehead atoms. The zero-order chi connectivity index (χ0) is 12.4. The van der Waals surface area contributed by atoms with Crippen molar-refractivity contribution in [1.82, 2.24) is 15.5 Å². The fourth-order valence-corrected chi connectivity index (χ4v) is 2.40. The number of nitrogens with one attached hydrogen (secondary N) is 1. The van der Waals surface area contributed by atoms with Gasteiger partial charge in [-0.3, -0.25) is 0 Å². The number of piperidine rings is 1. The van der Waals surface area contributed by atoms with Crippen molar-refractivity contribution in [2.45, 2.75) is 18.8 Å². The van der Waals surface area contributed by atoms with E-state index in [1.165, 1.54) is 0 Å². The minimum absolute atomic E-state index is 0.357. The third-order valence-corrected chi connectivity index (χ3v) is 3.41. The number of rotatable bonds is 2. The van der Waals surface area contributed by atoms with Crippen molar-refractivity contribution in [2.75, 3.05) is 13.1 Å². The van der Waals surface area contributed by atoms with E-state index in [0.717, 1.165) is 37.3 Å². The molecule has 2 aromatic rings. The van der Waals surface area contributed by atoms with Gasteiger partial charge in [-0.15, -0.1) is 0 Å². The van der Waals surface area contributed by atoms with Crippen LogP contribution in [0.5, 0.6) is 0 Å². The highest BCUT2D eigenvalue weighted by Crippen LogP contribution is 2.25. The van der Waals surface area contributed by atoms with Crippen LogP contribution in [0.2, 0.25) is 5.02 Å². The lowest BCUT2D eigenvalue weighted by Crippen LogP contribution is -2.28. The van der Waals surface area contributed by atoms with Gasteiger partial charge in [0.2, 0.25) is 0 Å². The Morgan fingerprint density at radius 3 is 3.11 bits per heavy atom. The van der Waals surface area contributed by atoms with Crippen molar-refractivity contribution in [3.05, 3.63) is 35.1 Å². The molecule has 0 spiro atoms. The molecule has 1 aliphatic rings. The Morgan fingerprint density at radius 1 is 1.39 bits per heavy atom. The molecule has 2 heterocycles. The summed E-state index contributed by atoms with van der Waals surface area (Å²) in [5, 5.41) is 8.10. The van der Waals surface area contributed by atoms with Crippen LogP contribution in [0.25, 0.3) is 11.5 Å². The summed E-state index contributed by atoms with van der Waals surface area (Å²) in [6.07, 6.45) is 2.27. The molecule has 18 heavy (non-hydrogen) atoms. The molecule has 4 nitrogen and oxygen atoms in total. The summed E-state index contributed by atoms with van der Waals surface area (Å²) in [7, 11) is 0. The summed E-state index contributed by atoms with van der Waals surface area (Å²) in [6, 6.07) is 7.46. The summed E-state index contributed by atoms with van der Waals surface area (Å²) < 4.78 is 5.31. The molecule has 5 heteroatoms. The van der Waals surface area contributed by atoms with Crippen LogP contribution in [-0.2, 0) is 0 Å². The summed E-state index contributed by atoms with van der Waals surface area (Å²) >= 11 is 5.95. The van der Waals surface area contributed by atoms with Crippen LogP contribution < -0.4 is 5.32 Å². The monoisotopic (exact) mass is 263 g/mol. The number of aromatic nitrogens is 2. The Kier molecular flexibility index (Phi) is 3.30. The van der Waals surface area contributed by atoms with Crippen molar-refractivity contribution in [2.24, 2.45) is 0 Å². The molecule has 1 aliphatic heterocycles. The normalized spacial score (nSPS) is 19.9. The second kappa shape index (κ2) is 5.08. The fraction of sp³-hybridized carbons (Fsp3) is 0.385. The molecule has 1 fully saturated rings. The zero-order valence-corrected chi connectivity index (χ0v) is 10.7. The summed E-state index contributed by atoms with van der Waals surface area (Å²) in [5.74, 6) is 1.69. The first-order valence-corrected chi connectivity index (χ1v) is 6.51. The average Bonchev–Trinajstić information content (AvgIpc) is 2.89. The third kappa shape index (κ3) is 2.40. The van der Waals surface area contributed by atoms with E-state index in [-0.39, 0.29) is 0 Å². The van der Waals surface area contributed by atoms with Gasteiger partial charge in [0.15, 0.2) is 5.82 Å². The third-order valence-electron chi connectivity index (χ3n) is 3.18. The molecular formula is C13H14ClN3O. The zero-order valence-electron chi connectivity index (χ0n) is 9.90. The van der Waals surface area contributed by atoms with E-state index in [9.17, 15) is 0 Å². The maximum absolute atomic E-state index is 5.95. The van der Waals surface area contributed by atoms with Crippen LogP contribution in [0.15, 0.2) is 28.8 Å². The molecule has 0 saturated carbocycles. The second-order valence-electron chi connectivity index (χ2n) is 4.51. The van der Waals surface area contributed by atoms with Gasteiger partial charge in [0.1, 0.15) is 0 Å². The Bertz CT molecular complexity index is 535. The highest BCUT2D eigenvalue weighted by molar-refractivity contribution is 6.30. The topological polar surface area (TPSA) is 51.0 Å². The number of hydrogen-bond donors (Lipinski definition) is 1. The van der Waals surface area contributed by atoms with E-state index < -0.39 is 0 Å². The van der Waals surface area contributed by atoms with Crippen LogP contribution in [0.4, 0.5) is 0 Å². The highest BCUT2D eigenvalue weighted by Gasteiger charge is 2.21. The molecule has 94 valence electrons. The molecule has 1 aromatic heterocycles. The lowest BCUT2D eigenvalue weighted by molar-refractivity contribution is 0.393. The molecule has 1 aromatic carbocycles. The van der Waals surface area contributed by atoms with E-state index in [1.54, 1.807) is 0 Å². The Labute approximate surface area is 110 Å². The van der Waals surface area contributed by atoms with Crippen LogP contribution in [-0.4, -0.2) is 23.2 Å². The van der Waals surface area contributed by atoms with Gasteiger partial charge < -0.3 is 9.84 Å². The van der Waals surface area contributed by atoms with E-state index in [2.05, 4.69) is 15.5 Å². The smallest absolute Gasteiger partial charge is 0.257 e. The molecule has 3 rings (SSSR count). The van der Waals surface area contributed by atoms with E-state index >= 15 is 0 Å². The summed E-state index contributed by atoms with van der Waals surface area (Å²) in [6.45, 7) is 2.00. The predicted octanol–water partition coefficient (Wildman–Crippen LogP) is 2.86. The van der Waals surface area contributed by atoms with Gasteiger partial charge >= 0.3 is 0 Å². The largest absolute Gasteiger partial charge is 0.334 e. The van der Waals surface area contributed by atoms with Gasteiger partial charge in [0.25, 0.3) is 5.89 Å². The minimum atomic E-state index is 0.357. The Morgan fingerprint density at radius 2 is 2.33 bits per heavy atom. The summed E-state index contributed by atoms with van der Waals surface area (Å²) in [5.41, 5.74) is 0.866. The summed E-state index contributed by atoms with van der Waals surface area (Å²) in [4.78, 5) is 4.47. The van der Waals surface area contributed by atoms with Crippen molar-refractivity contribution >= 4 is 11.6 Å². The number of halogens is 1. The van der Waals surface area contributed by atoms with Crippen LogP contribution in [0.1, 0.15) is 24.6 Å². The number of nitrogens with zero attached hydrogens (tertiary/aromatic N) is 2. The SMILES string of the molecule is Clc1cccc(-c2nc(C3CCCNC3)no2)c1. The number of hydrogen-bond acceptors (Lipinski definition) is 4. The Hall–Kier alpha value is -1.39. The molecule has 1 N–H and O–H groups in total. The second-order valence-corrected chi connectivity index (χ2v) is 4.95. The first kappa shape index (κ1) is 11.7. The molecule has 1 unspecified atom stereocenters. The maximum Gasteiger partial charge on any atom is 0.257 e. The minimum Gasteiger partial charge on any atom is -0.334 e. The average molecular weight is 264 g/mol. The van der Waals surface area contributed by atoms with Gasteiger partial charge in [-0.05, 0) is 37.6 Å². The quantitative estimate of drug-likeness (QED) is 0.905. The maximum atomic E-state index is 5.95. The number of benzene rings is 1. The van der Waals surface area contributed by atoms with Crippen molar-refractivity contribution in [1.29, 1.82) is 0 Å². The fourth-order valence-electron chi connectivity index (χ4n) is 2.21. The van der Waals surface area contributed by atoms with Gasteiger partial charge in [0, 0.05) is 23.0 Å². The van der Waals surface area contributed by atoms with Gasteiger partial charge in [-0.2, -0.15) is 4.98 Å². The molecule has 0 aliphatic carbocycles. The van der Waals surface area contributed by atoms with Gasteiger partial charge in [-0.25, -0.2) is 0 Å². The predicted molar refractivity (Wildman–Crippen MR) is 69.6 cm³/mol. The molecule has 0 radical (unpaired) electrons. The molecular weight excluding hydrogens is 250 g/mol. The van der Waals surface area contributed by atoms with Crippen molar-refractivity contribution in [3.63, 3.8) is 0 Å². The standard InChI is InChI=1S/C13H14ClN3O/c14-11-5-1-3-9(7-11)13-16-12(17-18-13)10-4-2-6-15-8-10/h1,3,5,7,10,15H,2,4,6,8H2.